The molecule has 0 fully saturated rings. The molecule has 8 nitrogen and oxygen atoms in total. The average molecular weight is 396 g/mol. The normalized spacial score (nSPS) is 11.1. The summed E-state index contributed by atoms with van der Waals surface area (Å²) < 4.78 is 33.2. The molecule has 0 bridgehead atoms. The van der Waals surface area contributed by atoms with Gasteiger partial charge in [0.15, 0.2) is 5.69 Å². The van der Waals surface area contributed by atoms with E-state index in [9.17, 15) is 23.2 Å². The summed E-state index contributed by atoms with van der Waals surface area (Å²) in [6, 6.07) is 2.32. The Hall–Kier alpha value is -3.01. The number of amides is 1. The number of nitrogens with zero attached hydrogens (tertiary/aromatic N) is 2. The van der Waals surface area contributed by atoms with Crippen molar-refractivity contribution >= 4 is 17.4 Å². The van der Waals surface area contributed by atoms with Crippen LogP contribution in [0.4, 0.5) is 20.3 Å². The van der Waals surface area contributed by atoms with Crippen LogP contribution < -0.4 is 21.9 Å². The number of nitrogens with one attached hydrogen (secondary N) is 1. The molecule has 28 heavy (non-hydrogen) atoms. The molecule has 152 valence electrons. The van der Waals surface area contributed by atoms with E-state index in [4.69, 9.17) is 10.5 Å². The number of halogens is 2. The summed E-state index contributed by atoms with van der Waals surface area (Å²) >= 11 is 0. The van der Waals surface area contributed by atoms with Gasteiger partial charge in [0, 0.05) is 31.8 Å². The summed E-state index contributed by atoms with van der Waals surface area (Å²) in [7, 11) is 1.39. The standard InChI is InChI=1S/C18H22F2N4O4/c1-10(2)9-24-15(21)14(16(25)22-18(24)27)23(4-5-28-3)17(26)11-6-12(19)8-13(20)7-11/h6-8,10H,4-5,9,21H2,1-3H3,(H,22,25,27). The van der Waals surface area contributed by atoms with Crippen molar-refractivity contribution in [1.82, 2.24) is 9.55 Å². The van der Waals surface area contributed by atoms with E-state index in [1.807, 2.05) is 13.8 Å². The molecule has 2 aromatic rings. The van der Waals surface area contributed by atoms with Crippen molar-refractivity contribution in [2.24, 2.45) is 5.92 Å². The topological polar surface area (TPSA) is 110 Å². The number of hydrogen-bond donors (Lipinski definition) is 2. The Balaban J connectivity index is 2.64. The number of carbonyl (C=O) groups is 1. The molecule has 2 rings (SSSR count). The van der Waals surface area contributed by atoms with Crippen LogP contribution in [0.3, 0.4) is 0 Å². The van der Waals surface area contributed by atoms with Crippen LogP contribution in [0.2, 0.25) is 0 Å². The summed E-state index contributed by atoms with van der Waals surface area (Å²) in [5.74, 6) is -2.94. The molecule has 0 aliphatic rings. The first kappa shape index (κ1) is 21.3. The highest BCUT2D eigenvalue weighted by Gasteiger charge is 2.26. The first-order valence-corrected chi connectivity index (χ1v) is 8.55. The average Bonchev–Trinajstić information content (AvgIpc) is 2.59. The van der Waals surface area contributed by atoms with Crippen molar-refractivity contribution in [3.05, 3.63) is 56.2 Å². The maximum absolute atomic E-state index is 13.6. The Morgan fingerprint density at radius 2 is 1.86 bits per heavy atom. The van der Waals surface area contributed by atoms with E-state index in [-0.39, 0.29) is 42.7 Å². The Bertz CT molecular complexity index is 964. The zero-order valence-electron chi connectivity index (χ0n) is 15.8. The molecule has 1 amide bonds. The Kier molecular flexibility index (Phi) is 6.68. The molecule has 1 heterocycles. The van der Waals surface area contributed by atoms with Crippen LogP contribution in [0.5, 0.6) is 0 Å². The Morgan fingerprint density at radius 1 is 1.25 bits per heavy atom. The van der Waals surface area contributed by atoms with Crippen LogP contribution in [0, 0.1) is 17.6 Å². The molecule has 10 heteroatoms. The van der Waals surface area contributed by atoms with Crippen LogP contribution in [0.25, 0.3) is 0 Å². The highest BCUT2D eigenvalue weighted by atomic mass is 19.1. The fourth-order valence-corrected chi connectivity index (χ4v) is 2.72. The predicted molar refractivity (Wildman–Crippen MR) is 100 cm³/mol. The molecule has 1 aromatic carbocycles. The summed E-state index contributed by atoms with van der Waals surface area (Å²) in [5.41, 5.74) is 3.85. The number of hydrogen-bond acceptors (Lipinski definition) is 5. The number of carbonyl (C=O) groups excluding carboxylic acids is 1. The summed E-state index contributed by atoms with van der Waals surface area (Å²) in [6.45, 7) is 3.79. The van der Waals surface area contributed by atoms with E-state index in [0.29, 0.717) is 6.07 Å². The van der Waals surface area contributed by atoms with Gasteiger partial charge in [-0.05, 0) is 18.1 Å². The molecule has 0 radical (unpaired) electrons. The molecule has 0 unspecified atom stereocenters. The van der Waals surface area contributed by atoms with Crippen LogP contribution in [0.1, 0.15) is 24.2 Å². The molecule has 0 spiro atoms. The van der Waals surface area contributed by atoms with Crippen molar-refractivity contribution in [3.8, 4) is 0 Å². The van der Waals surface area contributed by atoms with Crippen molar-refractivity contribution in [2.75, 3.05) is 30.9 Å². The Labute approximate surface area is 159 Å². The first-order valence-electron chi connectivity index (χ1n) is 8.55. The summed E-state index contributed by atoms with van der Waals surface area (Å²) in [4.78, 5) is 40.6. The number of nitrogens with two attached hydrogens (primary N) is 1. The predicted octanol–water partition coefficient (Wildman–Crippen LogP) is 1.35. The van der Waals surface area contributed by atoms with Crippen LogP contribution in [-0.2, 0) is 11.3 Å². The third kappa shape index (κ3) is 4.63. The zero-order valence-corrected chi connectivity index (χ0v) is 15.8. The number of ether oxygens (including phenoxy) is 1. The number of nitrogen functional groups attached to an aromatic ring is 1. The number of H-pyrrole nitrogens is 1. The van der Waals surface area contributed by atoms with Gasteiger partial charge in [0.05, 0.1) is 6.61 Å². The summed E-state index contributed by atoms with van der Waals surface area (Å²) in [5, 5.41) is 0. The minimum absolute atomic E-state index is 0.0196. The van der Waals surface area contributed by atoms with Gasteiger partial charge in [0.1, 0.15) is 17.5 Å². The van der Waals surface area contributed by atoms with Gasteiger partial charge in [0.2, 0.25) is 0 Å². The molecule has 0 aliphatic carbocycles. The van der Waals surface area contributed by atoms with E-state index in [1.54, 1.807) is 0 Å². The molecule has 1 aromatic heterocycles. The van der Waals surface area contributed by atoms with Gasteiger partial charge in [-0.25, -0.2) is 13.6 Å². The van der Waals surface area contributed by atoms with Gasteiger partial charge in [-0.1, -0.05) is 13.8 Å². The quantitative estimate of drug-likeness (QED) is 0.734. The molecule has 0 atom stereocenters. The van der Waals surface area contributed by atoms with Crippen molar-refractivity contribution in [2.45, 2.75) is 20.4 Å². The maximum Gasteiger partial charge on any atom is 0.330 e. The minimum Gasteiger partial charge on any atom is -0.383 e. The number of aromatic amines is 1. The molecule has 0 aliphatic heterocycles. The minimum atomic E-state index is -0.943. The largest absolute Gasteiger partial charge is 0.383 e. The van der Waals surface area contributed by atoms with Gasteiger partial charge in [-0.3, -0.25) is 24.0 Å². The fraction of sp³-hybridized carbons (Fsp3) is 0.389. The third-order valence-electron chi connectivity index (χ3n) is 3.91. The highest BCUT2D eigenvalue weighted by Crippen LogP contribution is 2.21. The highest BCUT2D eigenvalue weighted by molar-refractivity contribution is 6.07. The van der Waals surface area contributed by atoms with Crippen molar-refractivity contribution in [3.63, 3.8) is 0 Å². The monoisotopic (exact) mass is 396 g/mol. The number of anilines is 2. The van der Waals surface area contributed by atoms with Gasteiger partial charge >= 0.3 is 5.69 Å². The smallest absolute Gasteiger partial charge is 0.330 e. The fourth-order valence-electron chi connectivity index (χ4n) is 2.72. The lowest BCUT2D eigenvalue weighted by Gasteiger charge is -2.24. The third-order valence-corrected chi connectivity index (χ3v) is 3.91. The number of rotatable bonds is 7. The molecule has 0 saturated heterocycles. The van der Waals surface area contributed by atoms with E-state index >= 15 is 0 Å². The van der Waals surface area contributed by atoms with Gasteiger partial charge in [-0.15, -0.1) is 0 Å². The van der Waals surface area contributed by atoms with Gasteiger partial charge < -0.3 is 10.5 Å². The molecule has 0 saturated carbocycles. The molecule has 3 N–H and O–H groups in total. The van der Waals surface area contributed by atoms with Crippen LogP contribution >= 0.6 is 0 Å². The van der Waals surface area contributed by atoms with E-state index in [1.165, 1.54) is 7.11 Å². The maximum atomic E-state index is 13.6. The van der Waals surface area contributed by atoms with E-state index in [0.717, 1.165) is 21.6 Å². The first-order chi connectivity index (χ1) is 13.1. The molecular formula is C18H22F2N4O4. The second-order valence-corrected chi connectivity index (χ2v) is 6.61. The summed E-state index contributed by atoms with van der Waals surface area (Å²) in [6.07, 6.45) is 0. The second-order valence-electron chi connectivity index (χ2n) is 6.61. The van der Waals surface area contributed by atoms with E-state index in [2.05, 4.69) is 4.98 Å². The lowest BCUT2D eigenvalue weighted by atomic mass is 10.1. The zero-order chi connectivity index (χ0) is 21.0. The number of aromatic nitrogens is 2. The lowest BCUT2D eigenvalue weighted by Crippen LogP contribution is -2.43. The number of benzene rings is 1. The van der Waals surface area contributed by atoms with Crippen LogP contribution in [0.15, 0.2) is 27.8 Å². The van der Waals surface area contributed by atoms with Gasteiger partial charge in [-0.2, -0.15) is 0 Å². The van der Waals surface area contributed by atoms with E-state index < -0.39 is 28.8 Å². The lowest BCUT2D eigenvalue weighted by molar-refractivity contribution is 0.0974. The second kappa shape index (κ2) is 8.79. The van der Waals surface area contributed by atoms with Crippen molar-refractivity contribution < 1.29 is 18.3 Å². The van der Waals surface area contributed by atoms with Gasteiger partial charge in [0.25, 0.3) is 11.5 Å². The molecular weight excluding hydrogens is 374 g/mol. The van der Waals surface area contributed by atoms with Crippen molar-refractivity contribution in [1.29, 1.82) is 0 Å². The SMILES string of the molecule is COCCN(C(=O)c1cc(F)cc(F)c1)c1c(N)n(CC(C)C)c(=O)[nH]c1=O. The van der Waals surface area contributed by atoms with Crippen LogP contribution in [-0.4, -0.2) is 35.7 Å². The Morgan fingerprint density at radius 3 is 2.39 bits per heavy atom. The number of methoxy groups -OCH3 is 1.